The van der Waals surface area contributed by atoms with Gasteiger partial charge in [-0.25, -0.2) is 4.98 Å². The maximum absolute atomic E-state index is 5.81. The van der Waals surface area contributed by atoms with Crippen LogP contribution in [0.5, 0.6) is 5.75 Å². The smallest absolute Gasteiger partial charge is 0.121 e. The molecule has 0 bridgehead atoms. The second-order valence-corrected chi connectivity index (χ2v) is 4.54. The van der Waals surface area contributed by atoms with Gasteiger partial charge >= 0.3 is 0 Å². The van der Waals surface area contributed by atoms with Gasteiger partial charge in [0.1, 0.15) is 12.4 Å². The Morgan fingerprint density at radius 3 is 3.24 bits per heavy atom. The van der Waals surface area contributed by atoms with Crippen LogP contribution < -0.4 is 10.1 Å². The second kappa shape index (κ2) is 4.75. The van der Waals surface area contributed by atoms with Crippen LogP contribution >= 0.6 is 0 Å². The van der Waals surface area contributed by atoms with Crippen LogP contribution in [-0.4, -0.2) is 29.2 Å². The molecule has 0 spiro atoms. The molecule has 90 valence electrons. The lowest BCUT2D eigenvalue weighted by Gasteiger charge is -2.23. The molecule has 1 aromatic carbocycles. The summed E-state index contributed by atoms with van der Waals surface area (Å²) in [6.45, 7) is 1.87. The van der Waals surface area contributed by atoms with Crippen molar-refractivity contribution in [2.24, 2.45) is 0 Å². The Bertz CT molecular complexity index is 488. The van der Waals surface area contributed by atoms with Gasteiger partial charge < -0.3 is 15.0 Å². The van der Waals surface area contributed by atoms with Crippen LogP contribution in [0.4, 0.5) is 0 Å². The minimum Gasteiger partial charge on any atom is -0.492 e. The lowest BCUT2D eigenvalue weighted by molar-refractivity contribution is 0.239. The third-order valence-electron chi connectivity index (χ3n) is 3.26. The first-order valence-corrected chi connectivity index (χ1v) is 6.21. The summed E-state index contributed by atoms with van der Waals surface area (Å²) in [5.74, 6) is 0.911. The van der Waals surface area contributed by atoms with Gasteiger partial charge in [0, 0.05) is 12.1 Å². The largest absolute Gasteiger partial charge is 0.492 e. The summed E-state index contributed by atoms with van der Waals surface area (Å²) in [6, 6.07) is 6.47. The molecule has 1 unspecified atom stereocenters. The van der Waals surface area contributed by atoms with E-state index in [1.165, 1.54) is 19.3 Å². The highest BCUT2D eigenvalue weighted by Gasteiger charge is 2.12. The van der Waals surface area contributed by atoms with Crippen LogP contribution in [0, 0.1) is 0 Å². The molecule has 4 heteroatoms. The van der Waals surface area contributed by atoms with Gasteiger partial charge in [-0.3, -0.25) is 0 Å². The third-order valence-corrected chi connectivity index (χ3v) is 3.26. The van der Waals surface area contributed by atoms with E-state index >= 15 is 0 Å². The number of benzene rings is 1. The van der Waals surface area contributed by atoms with Crippen molar-refractivity contribution in [2.45, 2.75) is 25.3 Å². The molecular formula is C13H17N3O. The van der Waals surface area contributed by atoms with Gasteiger partial charge in [-0.1, -0.05) is 6.42 Å². The highest BCUT2D eigenvalue weighted by atomic mass is 16.5. The van der Waals surface area contributed by atoms with E-state index in [9.17, 15) is 0 Å². The summed E-state index contributed by atoms with van der Waals surface area (Å²) in [5.41, 5.74) is 2.01. The van der Waals surface area contributed by atoms with E-state index < -0.39 is 0 Å². The van der Waals surface area contributed by atoms with Crippen molar-refractivity contribution in [3.63, 3.8) is 0 Å². The van der Waals surface area contributed by atoms with Crippen molar-refractivity contribution in [3.8, 4) is 5.75 Å². The zero-order chi connectivity index (χ0) is 11.5. The number of hydrogen-bond acceptors (Lipinski definition) is 3. The van der Waals surface area contributed by atoms with E-state index in [4.69, 9.17) is 4.74 Å². The number of nitrogens with one attached hydrogen (secondary N) is 2. The fraction of sp³-hybridized carbons (Fsp3) is 0.462. The van der Waals surface area contributed by atoms with Gasteiger partial charge in [-0.05, 0) is 31.5 Å². The maximum Gasteiger partial charge on any atom is 0.121 e. The fourth-order valence-electron chi connectivity index (χ4n) is 2.27. The van der Waals surface area contributed by atoms with E-state index in [1.807, 2.05) is 18.2 Å². The van der Waals surface area contributed by atoms with Crippen LogP contribution in [-0.2, 0) is 0 Å². The van der Waals surface area contributed by atoms with E-state index in [0.717, 1.165) is 29.9 Å². The number of imidazole rings is 1. The highest BCUT2D eigenvalue weighted by molar-refractivity contribution is 5.75. The topological polar surface area (TPSA) is 49.9 Å². The van der Waals surface area contributed by atoms with Gasteiger partial charge in [0.15, 0.2) is 0 Å². The van der Waals surface area contributed by atoms with Gasteiger partial charge in [0.25, 0.3) is 0 Å². The Balaban J connectivity index is 1.63. The molecule has 1 aliphatic heterocycles. The average molecular weight is 231 g/mol. The number of piperidine rings is 1. The van der Waals surface area contributed by atoms with E-state index in [0.29, 0.717) is 6.04 Å². The van der Waals surface area contributed by atoms with Crippen LogP contribution in [0.15, 0.2) is 24.5 Å². The number of nitrogens with zero attached hydrogens (tertiary/aromatic N) is 1. The summed E-state index contributed by atoms with van der Waals surface area (Å²) in [7, 11) is 0. The van der Waals surface area contributed by atoms with Gasteiger partial charge in [0.05, 0.1) is 17.4 Å². The normalized spacial score (nSPS) is 20.6. The second-order valence-electron chi connectivity index (χ2n) is 4.54. The standard InChI is InChI=1S/C13H17N3O/c1-2-6-14-10(3-1)8-17-11-4-5-12-13(7-11)16-9-15-12/h4-5,7,9-10,14H,1-3,6,8H2,(H,15,16). The van der Waals surface area contributed by atoms with Crippen LogP contribution in [0.3, 0.4) is 0 Å². The summed E-state index contributed by atoms with van der Waals surface area (Å²) in [4.78, 5) is 7.28. The van der Waals surface area contributed by atoms with Crippen LogP contribution in [0.1, 0.15) is 19.3 Å². The molecule has 1 saturated heterocycles. The molecule has 4 nitrogen and oxygen atoms in total. The van der Waals surface area contributed by atoms with Crippen LogP contribution in [0.25, 0.3) is 11.0 Å². The minimum atomic E-state index is 0.501. The molecule has 2 N–H and O–H groups in total. The van der Waals surface area contributed by atoms with Crippen molar-refractivity contribution >= 4 is 11.0 Å². The Hall–Kier alpha value is -1.55. The Labute approximate surface area is 100 Å². The summed E-state index contributed by atoms with van der Waals surface area (Å²) >= 11 is 0. The number of H-pyrrole nitrogens is 1. The predicted octanol–water partition coefficient (Wildman–Crippen LogP) is 2.08. The van der Waals surface area contributed by atoms with E-state index in [1.54, 1.807) is 6.33 Å². The quantitative estimate of drug-likeness (QED) is 0.850. The molecule has 1 fully saturated rings. The molecule has 0 saturated carbocycles. The van der Waals surface area contributed by atoms with Crippen LogP contribution in [0.2, 0.25) is 0 Å². The molecule has 2 heterocycles. The molecule has 3 rings (SSSR count). The first kappa shape index (κ1) is 10.6. The summed E-state index contributed by atoms with van der Waals surface area (Å²) < 4.78 is 5.81. The van der Waals surface area contributed by atoms with Gasteiger partial charge in [-0.15, -0.1) is 0 Å². The number of aromatic amines is 1. The molecule has 0 radical (unpaired) electrons. The maximum atomic E-state index is 5.81. The highest BCUT2D eigenvalue weighted by Crippen LogP contribution is 2.18. The zero-order valence-electron chi connectivity index (χ0n) is 9.78. The number of aromatic nitrogens is 2. The van der Waals surface area contributed by atoms with E-state index in [-0.39, 0.29) is 0 Å². The van der Waals surface area contributed by atoms with Gasteiger partial charge in [-0.2, -0.15) is 0 Å². The first-order chi connectivity index (χ1) is 8.42. The molecule has 1 aliphatic rings. The zero-order valence-corrected chi connectivity index (χ0v) is 9.78. The first-order valence-electron chi connectivity index (χ1n) is 6.21. The van der Waals surface area contributed by atoms with Crippen molar-refractivity contribution < 1.29 is 4.74 Å². The number of ether oxygens (including phenoxy) is 1. The molecule has 17 heavy (non-hydrogen) atoms. The van der Waals surface area contributed by atoms with E-state index in [2.05, 4.69) is 15.3 Å². The molecule has 0 amide bonds. The molecule has 1 atom stereocenters. The predicted molar refractivity (Wildman–Crippen MR) is 67.2 cm³/mol. The number of hydrogen-bond donors (Lipinski definition) is 2. The lowest BCUT2D eigenvalue weighted by atomic mass is 10.1. The number of fused-ring (bicyclic) bond motifs is 1. The average Bonchev–Trinajstić information content (AvgIpc) is 2.85. The molecule has 1 aromatic heterocycles. The fourth-order valence-corrected chi connectivity index (χ4v) is 2.27. The molecular weight excluding hydrogens is 214 g/mol. The van der Waals surface area contributed by atoms with Crippen molar-refractivity contribution in [3.05, 3.63) is 24.5 Å². The van der Waals surface area contributed by atoms with Gasteiger partial charge in [0.2, 0.25) is 0 Å². The Morgan fingerprint density at radius 1 is 1.35 bits per heavy atom. The Kier molecular flexibility index (Phi) is 2.96. The van der Waals surface area contributed by atoms with Crippen molar-refractivity contribution in [2.75, 3.05) is 13.2 Å². The number of rotatable bonds is 3. The Morgan fingerprint density at radius 2 is 2.35 bits per heavy atom. The van der Waals surface area contributed by atoms with Crippen molar-refractivity contribution in [1.82, 2.24) is 15.3 Å². The minimum absolute atomic E-state index is 0.501. The molecule has 0 aliphatic carbocycles. The summed E-state index contributed by atoms with van der Waals surface area (Å²) in [5, 5.41) is 3.48. The lowest BCUT2D eigenvalue weighted by Crippen LogP contribution is -2.38. The molecule has 2 aromatic rings. The third kappa shape index (κ3) is 2.42. The monoisotopic (exact) mass is 231 g/mol. The SMILES string of the molecule is c1nc2ccc(OCC3CCCCN3)cc2[nH]1. The van der Waals surface area contributed by atoms with Crippen molar-refractivity contribution in [1.29, 1.82) is 0 Å². The summed E-state index contributed by atoms with van der Waals surface area (Å²) in [6.07, 6.45) is 5.51.